The van der Waals surface area contributed by atoms with Gasteiger partial charge in [-0.1, -0.05) is 6.92 Å². The zero-order valence-electron chi connectivity index (χ0n) is 13.6. The predicted molar refractivity (Wildman–Crippen MR) is 77.6 cm³/mol. The molecule has 1 saturated carbocycles. The van der Waals surface area contributed by atoms with Crippen LogP contribution in [0.5, 0.6) is 0 Å². The van der Waals surface area contributed by atoms with Crippen LogP contribution in [-0.2, 0) is 19.0 Å². The predicted octanol–water partition coefficient (Wildman–Crippen LogP) is 2.26. The number of carbonyl (C=O) groups is 1. The van der Waals surface area contributed by atoms with E-state index in [0.29, 0.717) is 26.1 Å². The zero-order valence-corrected chi connectivity index (χ0v) is 13.6. The van der Waals surface area contributed by atoms with Gasteiger partial charge in [0.1, 0.15) is 0 Å². The van der Waals surface area contributed by atoms with Gasteiger partial charge in [0.15, 0.2) is 5.79 Å². The maximum absolute atomic E-state index is 11.6. The average Bonchev–Trinajstić information content (AvgIpc) is 2.88. The van der Waals surface area contributed by atoms with Crippen molar-refractivity contribution in [2.24, 2.45) is 11.3 Å². The second-order valence-electron chi connectivity index (χ2n) is 7.04. The van der Waals surface area contributed by atoms with Gasteiger partial charge >= 0.3 is 5.97 Å². The summed E-state index contributed by atoms with van der Waals surface area (Å²) in [5, 5.41) is 10.6. The highest BCUT2D eigenvalue weighted by Gasteiger charge is 2.61. The fraction of sp³-hybridized carbons (Fsp3) is 0.938. The van der Waals surface area contributed by atoms with E-state index in [-0.39, 0.29) is 11.9 Å². The summed E-state index contributed by atoms with van der Waals surface area (Å²) in [5.74, 6) is -0.893. The van der Waals surface area contributed by atoms with Gasteiger partial charge in [0, 0.05) is 18.3 Å². The largest absolute Gasteiger partial charge is 0.469 e. The first-order chi connectivity index (χ1) is 9.75. The Morgan fingerprint density at radius 3 is 2.52 bits per heavy atom. The molecule has 1 aliphatic carbocycles. The van der Waals surface area contributed by atoms with Crippen molar-refractivity contribution in [2.75, 3.05) is 20.3 Å². The number of aliphatic hydroxyl groups is 1. The molecule has 0 unspecified atom stereocenters. The van der Waals surface area contributed by atoms with Gasteiger partial charge in [-0.15, -0.1) is 0 Å². The lowest BCUT2D eigenvalue weighted by molar-refractivity contribution is -0.287. The Hall–Kier alpha value is -0.650. The van der Waals surface area contributed by atoms with E-state index in [0.717, 1.165) is 19.3 Å². The third-order valence-corrected chi connectivity index (χ3v) is 5.32. The number of rotatable bonds is 4. The highest BCUT2D eigenvalue weighted by Crippen LogP contribution is 2.57. The molecule has 0 aromatic rings. The Morgan fingerprint density at radius 1 is 1.38 bits per heavy atom. The molecule has 1 aliphatic heterocycles. The highest BCUT2D eigenvalue weighted by atomic mass is 16.7. The molecule has 2 rings (SSSR count). The highest BCUT2D eigenvalue weighted by molar-refractivity contribution is 5.69. The quantitative estimate of drug-likeness (QED) is 0.807. The summed E-state index contributed by atoms with van der Waals surface area (Å²) < 4.78 is 16.8. The Balaban J connectivity index is 2.30. The van der Waals surface area contributed by atoms with Gasteiger partial charge in [-0.2, -0.15) is 0 Å². The van der Waals surface area contributed by atoms with E-state index in [1.165, 1.54) is 7.11 Å². The molecular formula is C16H28O5. The lowest BCUT2D eigenvalue weighted by atomic mass is 9.57. The molecule has 2 fully saturated rings. The van der Waals surface area contributed by atoms with Gasteiger partial charge in [0.25, 0.3) is 0 Å². The molecule has 2 atom stereocenters. The summed E-state index contributed by atoms with van der Waals surface area (Å²) >= 11 is 0. The van der Waals surface area contributed by atoms with Crippen LogP contribution in [0, 0.1) is 11.3 Å². The SMILES string of the molecule is COC(=O)CC[C@@]1(C)[C@H](C(C)(C)O)CCCC12OCCO2. The molecule has 122 valence electrons. The minimum absolute atomic E-state index is 0.0153. The summed E-state index contributed by atoms with van der Waals surface area (Å²) in [7, 11) is 1.40. The van der Waals surface area contributed by atoms with Crippen LogP contribution in [0.3, 0.4) is 0 Å². The monoisotopic (exact) mass is 300 g/mol. The van der Waals surface area contributed by atoms with E-state index in [1.807, 2.05) is 13.8 Å². The maximum atomic E-state index is 11.6. The van der Waals surface area contributed by atoms with Crippen molar-refractivity contribution in [3.63, 3.8) is 0 Å². The molecule has 0 amide bonds. The second kappa shape index (κ2) is 5.86. The number of hydrogen-bond acceptors (Lipinski definition) is 5. The van der Waals surface area contributed by atoms with Crippen molar-refractivity contribution >= 4 is 5.97 Å². The second-order valence-corrected chi connectivity index (χ2v) is 7.04. The fourth-order valence-corrected chi connectivity index (χ4v) is 4.30. The molecule has 0 aromatic carbocycles. The van der Waals surface area contributed by atoms with Crippen LogP contribution in [-0.4, -0.2) is 42.8 Å². The normalized spacial score (nSPS) is 32.3. The van der Waals surface area contributed by atoms with Gasteiger partial charge < -0.3 is 19.3 Å². The van der Waals surface area contributed by atoms with E-state index in [2.05, 4.69) is 6.92 Å². The standard InChI is InChI=1S/C16H28O5/c1-14(2,18)12-6-5-8-16(20-10-11-21-16)15(12,3)9-7-13(17)19-4/h12,18H,5-11H2,1-4H3/t12-,15-/m0/s1. The van der Waals surface area contributed by atoms with Gasteiger partial charge in [0.2, 0.25) is 0 Å². The molecule has 2 aliphatic rings. The van der Waals surface area contributed by atoms with E-state index in [1.54, 1.807) is 0 Å². The molecule has 1 spiro atoms. The van der Waals surface area contributed by atoms with Gasteiger partial charge in [-0.25, -0.2) is 0 Å². The average molecular weight is 300 g/mol. The van der Waals surface area contributed by atoms with E-state index < -0.39 is 16.8 Å². The van der Waals surface area contributed by atoms with Crippen LogP contribution >= 0.6 is 0 Å². The summed E-state index contributed by atoms with van der Waals surface area (Å²) in [6, 6.07) is 0. The van der Waals surface area contributed by atoms with Crippen LogP contribution in [0.15, 0.2) is 0 Å². The third kappa shape index (κ3) is 2.96. The van der Waals surface area contributed by atoms with Crippen molar-refractivity contribution in [2.45, 2.75) is 64.3 Å². The molecule has 1 saturated heterocycles. The molecule has 0 aromatic heterocycles. The Bertz CT molecular complexity index is 381. The number of hydrogen-bond donors (Lipinski definition) is 1. The van der Waals surface area contributed by atoms with Gasteiger partial charge in [-0.05, 0) is 39.0 Å². The third-order valence-electron chi connectivity index (χ3n) is 5.32. The van der Waals surface area contributed by atoms with Crippen LogP contribution in [0.2, 0.25) is 0 Å². The first kappa shape index (κ1) is 16.7. The van der Waals surface area contributed by atoms with E-state index in [9.17, 15) is 9.90 Å². The fourth-order valence-electron chi connectivity index (χ4n) is 4.30. The first-order valence-corrected chi connectivity index (χ1v) is 7.82. The van der Waals surface area contributed by atoms with E-state index >= 15 is 0 Å². The topological polar surface area (TPSA) is 65.0 Å². The lowest BCUT2D eigenvalue weighted by Crippen LogP contribution is -2.59. The molecule has 0 bridgehead atoms. The van der Waals surface area contributed by atoms with Crippen molar-refractivity contribution in [1.82, 2.24) is 0 Å². The van der Waals surface area contributed by atoms with Crippen LogP contribution in [0.1, 0.15) is 52.9 Å². The van der Waals surface area contributed by atoms with E-state index in [4.69, 9.17) is 14.2 Å². The minimum Gasteiger partial charge on any atom is -0.469 e. The molecule has 0 radical (unpaired) electrons. The molecule has 1 N–H and O–H groups in total. The number of methoxy groups -OCH3 is 1. The van der Waals surface area contributed by atoms with Gasteiger partial charge in [0.05, 0.1) is 25.9 Å². The van der Waals surface area contributed by atoms with Crippen LogP contribution in [0.25, 0.3) is 0 Å². The first-order valence-electron chi connectivity index (χ1n) is 7.82. The molecule has 21 heavy (non-hydrogen) atoms. The molecule has 5 heteroatoms. The van der Waals surface area contributed by atoms with Gasteiger partial charge in [-0.3, -0.25) is 4.79 Å². The Morgan fingerprint density at radius 2 is 2.00 bits per heavy atom. The minimum atomic E-state index is -0.840. The smallest absolute Gasteiger partial charge is 0.305 e. The van der Waals surface area contributed by atoms with Crippen molar-refractivity contribution in [1.29, 1.82) is 0 Å². The van der Waals surface area contributed by atoms with Crippen molar-refractivity contribution in [3.8, 4) is 0 Å². The Labute approximate surface area is 126 Å². The molecular weight excluding hydrogens is 272 g/mol. The van der Waals surface area contributed by atoms with Crippen LogP contribution in [0.4, 0.5) is 0 Å². The summed E-state index contributed by atoms with van der Waals surface area (Å²) in [5.41, 5.74) is -1.25. The number of ether oxygens (including phenoxy) is 3. The summed E-state index contributed by atoms with van der Waals surface area (Å²) in [6.45, 7) is 6.91. The maximum Gasteiger partial charge on any atom is 0.305 e. The summed E-state index contributed by atoms with van der Waals surface area (Å²) in [6.07, 6.45) is 3.59. The zero-order chi connectivity index (χ0) is 15.7. The Kier molecular flexibility index (Phi) is 4.66. The van der Waals surface area contributed by atoms with Crippen molar-refractivity contribution < 1.29 is 24.1 Å². The van der Waals surface area contributed by atoms with Crippen LogP contribution < -0.4 is 0 Å². The summed E-state index contributed by atoms with van der Waals surface area (Å²) in [4.78, 5) is 11.6. The number of carbonyl (C=O) groups excluding carboxylic acids is 1. The molecule has 1 heterocycles. The van der Waals surface area contributed by atoms with Crippen molar-refractivity contribution in [3.05, 3.63) is 0 Å². The lowest BCUT2D eigenvalue weighted by Gasteiger charge is -2.55. The number of esters is 1. The molecule has 5 nitrogen and oxygen atoms in total.